The molecular weight excluding hydrogens is 341 g/mol. The van der Waals surface area contributed by atoms with Gasteiger partial charge in [0.1, 0.15) is 18.4 Å². The van der Waals surface area contributed by atoms with Gasteiger partial charge in [-0.2, -0.15) is 13.2 Å². The van der Waals surface area contributed by atoms with Gasteiger partial charge in [0.15, 0.2) is 0 Å². The summed E-state index contributed by atoms with van der Waals surface area (Å²) in [6.07, 6.45) is -11.0. The third-order valence-corrected chi connectivity index (χ3v) is 4.49. The molecule has 0 aromatic carbocycles. The smallest absolute Gasteiger partial charge is 0.369 e. The van der Waals surface area contributed by atoms with Gasteiger partial charge in [0, 0.05) is 13.5 Å². The molecule has 1 saturated carbocycles. The molecule has 1 aliphatic heterocycles. The number of alkyl halides is 5. The summed E-state index contributed by atoms with van der Waals surface area (Å²) in [6, 6.07) is -5.16. The molecule has 1 aliphatic carbocycles. The molecule has 4 amide bonds. The van der Waals surface area contributed by atoms with E-state index in [0.717, 1.165) is 7.05 Å². The van der Waals surface area contributed by atoms with E-state index in [1.54, 1.807) is 0 Å². The Balaban J connectivity index is 2.26. The van der Waals surface area contributed by atoms with Crippen molar-refractivity contribution >= 4 is 17.8 Å². The summed E-state index contributed by atoms with van der Waals surface area (Å²) in [5.74, 6) is -3.68. The molecule has 0 radical (unpaired) electrons. The largest absolute Gasteiger partial charge is 0.409 e. The molecule has 0 aromatic heterocycles. The Morgan fingerprint density at radius 2 is 1.75 bits per heavy atom. The Kier molecular flexibility index (Phi) is 4.73. The van der Waals surface area contributed by atoms with Crippen LogP contribution < -0.4 is 5.73 Å². The molecule has 2 N–H and O–H groups in total. The van der Waals surface area contributed by atoms with Crippen LogP contribution in [0.2, 0.25) is 0 Å². The Bertz CT molecular complexity index is 555. The van der Waals surface area contributed by atoms with Crippen LogP contribution >= 0.6 is 0 Å². The fourth-order valence-corrected chi connectivity index (χ4v) is 3.13. The number of hydrogen-bond acceptors (Lipinski definition) is 3. The first-order valence-electron chi connectivity index (χ1n) is 7.18. The molecule has 2 rings (SSSR count). The van der Waals surface area contributed by atoms with Crippen LogP contribution in [0.3, 0.4) is 0 Å². The molecule has 0 bridgehead atoms. The fraction of sp³-hybridized carbons (Fsp3) is 0.769. The molecule has 2 fully saturated rings. The molecule has 1 heterocycles. The monoisotopic (exact) mass is 357 g/mol. The second-order valence-electron chi connectivity index (χ2n) is 6.00. The van der Waals surface area contributed by atoms with Gasteiger partial charge in [-0.25, -0.2) is 13.6 Å². The van der Waals surface area contributed by atoms with Crippen molar-refractivity contribution in [1.29, 1.82) is 0 Å². The van der Waals surface area contributed by atoms with E-state index in [1.807, 2.05) is 0 Å². The fourth-order valence-electron chi connectivity index (χ4n) is 3.13. The van der Waals surface area contributed by atoms with Crippen molar-refractivity contribution in [3.05, 3.63) is 0 Å². The van der Waals surface area contributed by atoms with E-state index in [9.17, 15) is 36.3 Å². The SMILES string of the molecule is CN1C(=O)N(C2CC(C(N)=O)C(F)CC2F)C(=O)CC1C(F)(F)F. The summed E-state index contributed by atoms with van der Waals surface area (Å²) in [4.78, 5) is 36.0. The molecule has 5 atom stereocenters. The van der Waals surface area contributed by atoms with E-state index in [0.29, 0.717) is 9.80 Å². The lowest BCUT2D eigenvalue weighted by Crippen LogP contribution is -2.65. The highest BCUT2D eigenvalue weighted by molar-refractivity contribution is 5.98. The number of rotatable bonds is 2. The molecular formula is C13H16F5N3O3. The highest BCUT2D eigenvalue weighted by atomic mass is 19.4. The normalized spacial score (nSPS) is 35.3. The Labute approximate surface area is 133 Å². The van der Waals surface area contributed by atoms with Gasteiger partial charge < -0.3 is 10.6 Å². The van der Waals surface area contributed by atoms with E-state index in [2.05, 4.69) is 0 Å². The average molecular weight is 357 g/mol. The zero-order valence-corrected chi connectivity index (χ0v) is 12.6. The quantitative estimate of drug-likeness (QED) is 0.753. The van der Waals surface area contributed by atoms with Crippen LogP contribution in [-0.2, 0) is 9.59 Å². The highest BCUT2D eigenvalue weighted by Crippen LogP contribution is 2.37. The number of hydrogen-bond donors (Lipinski definition) is 1. The van der Waals surface area contributed by atoms with Gasteiger partial charge in [0.05, 0.1) is 18.4 Å². The third kappa shape index (κ3) is 3.16. The zero-order chi connectivity index (χ0) is 18.4. The van der Waals surface area contributed by atoms with Gasteiger partial charge in [-0.3, -0.25) is 14.5 Å². The predicted octanol–water partition coefficient (Wildman–Crippen LogP) is 1.14. The number of nitrogens with zero attached hydrogens (tertiary/aromatic N) is 2. The lowest BCUT2D eigenvalue weighted by atomic mass is 9.81. The van der Waals surface area contributed by atoms with Crippen molar-refractivity contribution in [3.63, 3.8) is 0 Å². The predicted molar refractivity (Wildman–Crippen MR) is 70.0 cm³/mol. The first kappa shape index (κ1) is 18.4. The molecule has 6 nitrogen and oxygen atoms in total. The third-order valence-electron chi connectivity index (χ3n) is 4.49. The van der Waals surface area contributed by atoms with Crippen molar-refractivity contribution in [1.82, 2.24) is 9.80 Å². The van der Waals surface area contributed by atoms with Crippen molar-refractivity contribution in [3.8, 4) is 0 Å². The number of primary amides is 1. The Hall–Kier alpha value is -1.94. The summed E-state index contributed by atoms with van der Waals surface area (Å²) in [5, 5.41) is 0. The highest BCUT2D eigenvalue weighted by Gasteiger charge is 2.54. The van der Waals surface area contributed by atoms with E-state index in [-0.39, 0.29) is 0 Å². The van der Waals surface area contributed by atoms with Crippen molar-refractivity contribution in [2.75, 3.05) is 7.05 Å². The number of carbonyl (C=O) groups excluding carboxylic acids is 3. The molecule has 2 aliphatic rings. The van der Waals surface area contributed by atoms with Gasteiger partial charge in [-0.1, -0.05) is 0 Å². The van der Waals surface area contributed by atoms with Crippen LogP contribution in [0.5, 0.6) is 0 Å². The van der Waals surface area contributed by atoms with Crippen molar-refractivity contribution in [2.45, 2.75) is 49.9 Å². The first-order chi connectivity index (χ1) is 10.9. The van der Waals surface area contributed by atoms with Gasteiger partial charge >= 0.3 is 12.2 Å². The van der Waals surface area contributed by atoms with Gasteiger partial charge in [0.2, 0.25) is 11.8 Å². The topological polar surface area (TPSA) is 83.7 Å². The van der Waals surface area contributed by atoms with Crippen molar-refractivity contribution in [2.24, 2.45) is 11.7 Å². The first-order valence-corrected chi connectivity index (χ1v) is 7.18. The molecule has 1 saturated heterocycles. The lowest BCUT2D eigenvalue weighted by Gasteiger charge is -2.45. The molecule has 24 heavy (non-hydrogen) atoms. The van der Waals surface area contributed by atoms with E-state index in [1.165, 1.54) is 0 Å². The summed E-state index contributed by atoms with van der Waals surface area (Å²) in [6.45, 7) is 0. The molecule has 5 unspecified atom stereocenters. The second-order valence-corrected chi connectivity index (χ2v) is 6.00. The average Bonchev–Trinajstić information content (AvgIpc) is 2.43. The number of urea groups is 1. The summed E-state index contributed by atoms with van der Waals surface area (Å²) in [5.41, 5.74) is 5.02. The van der Waals surface area contributed by atoms with Gasteiger partial charge in [-0.15, -0.1) is 0 Å². The van der Waals surface area contributed by atoms with Crippen LogP contribution in [0.4, 0.5) is 26.7 Å². The Morgan fingerprint density at radius 3 is 2.25 bits per heavy atom. The van der Waals surface area contributed by atoms with Crippen LogP contribution in [0, 0.1) is 5.92 Å². The molecule has 136 valence electrons. The van der Waals surface area contributed by atoms with Crippen LogP contribution in [0.15, 0.2) is 0 Å². The summed E-state index contributed by atoms with van der Waals surface area (Å²) >= 11 is 0. The van der Waals surface area contributed by atoms with E-state index in [4.69, 9.17) is 5.73 Å². The van der Waals surface area contributed by atoms with Crippen molar-refractivity contribution < 1.29 is 36.3 Å². The maximum atomic E-state index is 14.1. The minimum absolute atomic E-state index is 0.301. The van der Waals surface area contributed by atoms with E-state index >= 15 is 0 Å². The van der Waals surface area contributed by atoms with E-state index < -0.39 is 73.6 Å². The lowest BCUT2D eigenvalue weighted by molar-refractivity contribution is -0.188. The minimum Gasteiger partial charge on any atom is -0.369 e. The maximum Gasteiger partial charge on any atom is 0.409 e. The number of amides is 4. The zero-order valence-electron chi connectivity index (χ0n) is 12.6. The van der Waals surface area contributed by atoms with Crippen LogP contribution in [0.1, 0.15) is 19.3 Å². The van der Waals surface area contributed by atoms with Gasteiger partial charge in [-0.05, 0) is 6.42 Å². The summed E-state index contributed by atoms with van der Waals surface area (Å²) in [7, 11) is 0.847. The summed E-state index contributed by atoms with van der Waals surface area (Å²) < 4.78 is 66.4. The standard InChI is InChI=1S/C13H16F5N3O3/c1-20-9(13(16,17)18)4-10(22)21(12(20)24)8-2-5(11(19)23)6(14)3-7(8)15/h5-9H,2-4H2,1H3,(H2,19,23). The van der Waals surface area contributed by atoms with Crippen LogP contribution in [0.25, 0.3) is 0 Å². The Morgan fingerprint density at radius 1 is 1.17 bits per heavy atom. The van der Waals surface area contributed by atoms with Crippen LogP contribution in [-0.4, -0.2) is 65.3 Å². The maximum absolute atomic E-state index is 14.1. The molecule has 0 spiro atoms. The van der Waals surface area contributed by atoms with Gasteiger partial charge in [0.25, 0.3) is 0 Å². The number of nitrogens with two attached hydrogens (primary N) is 1. The number of imide groups is 1. The number of halogens is 5. The molecule has 11 heteroatoms. The second kappa shape index (κ2) is 6.17. The minimum atomic E-state index is -4.81. The molecule has 0 aromatic rings. The number of carbonyl (C=O) groups is 3.